The Kier molecular flexibility index (Phi) is 11.9. The Hall–Kier alpha value is -0.860. The summed E-state index contributed by atoms with van der Waals surface area (Å²) >= 11 is 0. The Balaban J connectivity index is 0.00000338. The van der Waals surface area contributed by atoms with Gasteiger partial charge >= 0.3 is 0 Å². The van der Waals surface area contributed by atoms with Crippen LogP contribution in [0.4, 0.5) is 0 Å². The van der Waals surface area contributed by atoms with E-state index in [1.165, 1.54) is 36.0 Å². The quantitative estimate of drug-likeness (QED) is 0.237. The van der Waals surface area contributed by atoms with E-state index in [1.54, 1.807) is 7.11 Å². The highest BCUT2D eigenvalue weighted by Gasteiger charge is 2.10. The van der Waals surface area contributed by atoms with Gasteiger partial charge in [-0.05, 0) is 56.3 Å². The molecule has 6 heteroatoms. The molecule has 0 amide bonds. The molecule has 0 bridgehead atoms. The first kappa shape index (κ1) is 23.2. The Bertz CT molecular complexity index is 551. The van der Waals surface area contributed by atoms with Gasteiger partial charge in [-0.15, -0.1) is 24.0 Å². The zero-order valence-electron chi connectivity index (χ0n) is 16.5. The minimum absolute atomic E-state index is 0. The highest BCUT2D eigenvalue weighted by Crippen LogP contribution is 2.23. The van der Waals surface area contributed by atoms with E-state index in [0.29, 0.717) is 0 Å². The van der Waals surface area contributed by atoms with Crippen molar-refractivity contribution in [2.24, 2.45) is 4.99 Å². The van der Waals surface area contributed by atoms with Crippen molar-refractivity contribution in [3.8, 4) is 0 Å². The number of aryl methyl sites for hydroxylation is 2. The van der Waals surface area contributed by atoms with Crippen molar-refractivity contribution in [2.45, 2.75) is 39.2 Å². The second-order valence-corrected chi connectivity index (χ2v) is 6.73. The molecule has 0 fully saturated rings. The number of benzene rings is 1. The molecule has 0 aromatic heterocycles. The van der Waals surface area contributed by atoms with Crippen LogP contribution < -0.4 is 10.6 Å². The number of hydrogen-bond acceptors (Lipinski definition) is 3. The van der Waals surface area contributed by atoms with Crippen LogP contribution in [0.3, 0.4) is 0 Å². The summed E-state index contributed by atoms with van der Waals surface area (Å²) < 4.78 is 5.10. The summed E-state index contributed by atoms with van der Waals surface area (Å²) in [5.74, 6) is 0.897. The maximum atomic E-state index is 5.10. The lowest BCUT2D eigenvalue weighted by atomic mass is 10.1. The van der Waals surface area contributed by atoms with Crippen molar-refractivity contribution in [1.82, 2.24) is 15.5 Å². The van der Waals surface area contributed by atoms with Gasteiger partial charge in [0.25, 0.3) is 0 Å². The molecule has 2 N–H and O–H groups in total. The van der Waals surface area contributed by atoms with Crippen molar-refractivity contribution in [2.75, 3.05) is 46.9 Å². The summed E-state index contributed by atoms with van der Waals surface area (Å²) in [5.41, 5.74) is 4.34. The predicted octanol–water partition coefficient (Wildman–Crippen LogP) is 2.82. The first-order valence-electron chi connectivity index (χ1n) is 9.53. The van der Waals surface area contributed by atoms with E-state index in [9.17, 15) is 0 Å². The van der Waals surface area contributed by atoms with Crippen molar-refractivity contribution in [3.05, 3.63) is 34.9 Å². The molecule has 26 heavy (non-hydrogen) atoms. The van der Waals surface area contributed by atoms with Crippen molar-refractivity contribution >= 4 is 29.9 Å². The second-order valence-electron chi connectivity index (χ2n) is 6.73. The Morgan fingerprint density at radius 2 is 2.00 bits per heavy atom. The molecule has 148 valence electrons. The fourth-order valence-corrected chi connectivity index (χ4v) is 3.19. The third-order valence-electron chi connectivity index (χ3n) is 4.60. The highest BCUT2D eigenvalue weighted by molar-refractivity contribution is 14.0. The summed E-state index contributed by atoms with van der Waals surface area (Å²) in [7, 11) is 3.90. The SMILES string of the molecule is CCNC(=NCc1ccc2c(c1)CCC2)NCCN(C)CCCOC.I. The van der Waals surface area contributed by atoms with Crippen LogP contribution in [-0.4, -0.2) is 57.8 Å². The number of ether oxygens (including phenoxy) is 1. The van der Waals surface area contributed by atoms with Gasteiger partial charge in [0, 0.05) is 39.9 Å². The molecular formula is C20H35IN4O. The van der Waals surface area contributed by atoms with Gasteiger partial charge in [0.1, 0.15) is 0 Å². The summed E-state index contributed by atoms with van der Waals surface area (Å²) in [6.45, 7) is 7.46. The third-order valence-corrected chi connectivity index (χ3v) is 4.60. The number of aliphatic imine (C=N–C) groups is 1. The maximum Gasteiger partial charge on any atom is 0.191 e. The van der Waals surface area contributed by atoms with Crippen LogP contribution in [0.1, 0.15) is 36.5 Å². The summed E-state index contributed by atoms with van der Waals surface area (Å²) in [6, 6.07) is 6.84. The van der Waals surface area contributed by atoms with Crippen LogP contribution in [0.2, 0.25) is 0 Å². The molecule has 0 aliphatic heterocycles. The lowest BCUT2D eigenvalue weighted by molar-refractivity contribution is 0.180. The number of fused-ring (bicyclic) bond motifs is 1. The molecule has 0 saturated carbocycles. The van der Waals surface area contributed by atoms with E-state index in [1.807, 2.05) is 0 Å². The molecule has 1 aliphatic carbocycles. The zero-order valence-corrected chi connectivity index (χ0v) is 18.8. The monoisotopic (exact) mass is 474 g/mol. The fourth-order valence-electron chi connectivity index (χ4n) is 3.19. The maximum absolute atomic E-state index is 5.10. The lowest BCUT2D eigenvalue weighted by Gasteiger charge is -2.18. The largest absolute Gasteiger partial charge is 0.385 e. The van der Waals surface area contributed by atoms with Crippen LogP contribution in [0.15, 0.2) is 23.2 Å². The minimum atomic E-state index is 0. The van der Waals surface area contributed by atoms with Gasteiger partial charge in [0.05, 0.1) is 6.54 Å². The highest BCUT2D eigenvalue weighted by atomic mass is 127. The molecule has 5 nitrogen and oxygen atoms in total. The zero-order chi connectivity index (χ0) is 17.9. The van der Waals surface area contributed by atoms with Gasteiger partial charge in [0.15, 0.2) is 5.96 Å². The average molecular weight is 474 g/mol. The van der Waals surface area contributed by atoms with Gasteiger partial charge in [-0.1, -0.05) is 18.2 Å². The van der Waals surface area contributed by atoms with E-state index in [-0.39, 0.29) is 24.0 Å². The summed E-state index contributed by atoms with van der Waals surface area (Å²) in [4.78, 5) is 7.05. The number of nitrogens with zero attached hydrogens (tertiary/aromatic N) is 2. The Labute approximate surface area is 176 Å². The number of guanidine groups is 1. The number of methoxy groups -OCH3 is 1. The van der Waals surface area contributed by atoms with Gasteiger partial charge < -0.3 is 20.3 Å². The third kappa shape index (κ3) is 8.22. The lowest BCUT2D eigenvalue weighted by Crippen LogP contribution is -2.41. The number of hydrogen-bond donors (Lipinski definition) is 2. The fraction of sp³-hybridized carbons (Fsp3) is 0.650. The molecular weight excluding hydrogens is 439 g/mol. The molecule has 0 unspecified atom stereocenters. The molecule has 2 rings (SSSR count). The van der Waals surface area contributed by atoms with Crippen molar-refractivity contribution < 1.29 is 4.74 Å². The van der Waals surface area contributed by atoms with E-state index < -0.39 is 0 Å². The van der Waals surface area contributed by atoms with E-state index in [4.69, 9.17) is 9.73 Å². The molecule has 0 saturated heterocycles. The summed E-state index contributed by atoms with van der Waals surface area (Å²) in [6.07, 6.45) is 4.82. The van der Waals surface area contributed by atoms with Gasteiger partial charge in [-0.2, -0.15) is 0 Å². The molecule has 1 aromatic rings. The predicted molar refractivity (Wildman–Crippen MR) is 121 cm³/mol. The average Bonchev–Trinajstić information content (AvgIpc) is 3.07. The van der Waals surface area contributed by atoms with Crippen LogP contribution >= 0.6 is 24.0 Å². The van der Waals surface area contributed by atoms with Gasteiger partial charge in [0.2, 0.25) is 0 Å². The molecule has 0 radical (unpaired) electrons. The Morgan fingerprint density at radius 1 is 1.19 bits per heavy atom. The molecule has 0 spiro atoms. The molecule has 1 aliphatic rings. The van der Waals surface area contributed by atoms with Crippen LogP contribution in [0.5, 0.6) is 0 Å². The van der Waals surface area contributed by atoms with E-state index in [2.05, 4.69) is 47.7 Å². The Morgan fingerprint density at radius 3 is 2.77 bits per heavy atom. The van der Waals surface area contributed by atoms with Crippen LogP contribution in [0, 0.1) is 0 Å². The topological polar surface area (TPSA) is 48.9 Å². The van der Waals surface area contributed by atoms with Crippen LogP contribution in [0.25, 0.3) is 0 Å². The second kappa shape index (κ2) is 13.3. The van der Waals surface area contributed by atoms with Crippen LogP contribution in [-0.2, 0) is 24.1 Å². The van der Waals surface area contributed by atoms with E-state index in [0.717, 1.165) is 51.7 Å². The van der Waals surface area contributed by atoms with Gasteiger partial charge in [-0.3, -0.25) is 0 Å². The molecule has 0 atom stereocenters. The first-order valence-corrected chi connectivity index (χ1v) is 9.53. The van der Waals surface area contributed by atoms with Crippen molar-refractivity contribution in [1.29, 1.82) is 0 Å². The molecule has 1 aromatic carbocycles. The number of likely N-dealkylation sites (N-methyl/N-ethyl adjacent to an activating group) is 1. The normalized spacial score (nSPS) is 13.5. The standard InChI is InChI=1S/C20H34N4O.HI/c1-4-21-20(22-11-13-24(2)12-6-14-25-3)23-16-17-9-10-18-7-5-8-19(18)15-17;/h9-10,15H,4-8,11-14,16H2,1-3H3,(H2,21,22,23);1H. The van der Waals surface area contributed by atoms with E-state index >= 15 is 0 Å². The van der Waals surface area contributed by atoms with Gasteiger partial charge in [-0.25, -0.2) is 4.99 Å². The molecule has 0 heterocycles. The minimum Gasteiger partial charge on any atom is -0.385 e. The number of halogens is 1. The number of nitrogens with one attached hydrogen (secondary N) is 2. The first-order chi connectivity index (χ1) is 12.2. The summed E-state index contributed by atoms with van der Waals surface area (Å²) in [5, 5.41) is 6.76. The smallest absolute Gasteiger partial charge is 0.191 e. The van der Waals surface area contributed by atoms with Crippen molar-refractivity contribution in [3.63, 3.8) is 0 Å². The number of rotatable bonds is 10.